The molecule has 6 heteroatoms. The largest absolute Gasteiger partial charge is 0.445 e. The maximum atomic E-state index is 13.0. The molecule has 4 rings (SSSR count). The van der Waals surface area contributed by atoms with Crippen molar-refractivity contribution < 1.29 is 14.3 Å². The van der Waals surface area contributed by atoms with Crippen LogP contribution in [0, 0.1) is 5.92 Å². The van der Waals surface area contributed by atoms with Gasteiger partial charge in [-0.15, -0.1) is 0 Å². The molecule has 29 heavy (non-hydrogen) atoms. The van der Waals surface area contributed by atoms with E-state index in [9.17, 15) is 9.59 Å². The first-order valence-corrected chi connectivity index (χ1v) is 10.2. The lowest BCUT2D eigenvalue weighted by molar-refractivity contribution is 0.0485. The maximum absolute atomic E-state index is 13.0. The van der Waals surface area contributed by atoms with Crippen LogP contribution in [0.1, 0.15) is 41.6 Å². The molecule has 2 bridgehead atoms. The predicted molar refractivity (Wildman–Crippen MR) is 111 cm³/mol. The monoisotopic (exact) mass is 393 g/mol. The summed E-state index contributed by atoms with van der Waals surface area (Å²) in [6.45, 7) is 0.280. The third kappa shape index (κ3) is 4.11. The molecule has 2 fully saturated rings. The van der Waals surface area contributed by atoms with Gasteiger partial charge in [0.2, 0.25) is 0 Å². The molecule has 2 aromatic rings. The zero-order chi connectivity index (χ0) is 20.4. The van der Waals surface area contributed by atoms with Gasteiger partial charge in [-0.05, 0) is 43.4 Å². The number of aromatic nitrogens is 1. The molecule has 152 valence electrons. The quantitative estimate of drug-likeness (QED) is 0.721. The first-order valence-electron chi connectivity index (χ1n) is 10.2. The highest BCUT2D eigenvalue weighted by Gasteiger charge is 2.45. The molecule has 3 heterocycles. The van der Waals surface area contributed by atoms with Crippen molar-refractivity contribution in [2.24, 2.45) is 5.92 Å². The number of hydrogen-bond donors (Lipinski definition) is 0. The van der Waals surface area contributed by atoms with Crippen molar-refractivity contribution in [3.05, 3.63) is 59.8 Å². The van der Waals surface area contributed by atoms with Crippen LogP contribution in [0.3, 0.4) is 0 Å². The van der Waals surface area contributed by atoms with Gasteiger partial charge in [0.05, 0.1) is 0 Å². The number of nitrogens with zero attached hydrogens (tertiary/aromatic N) is 3. The van der Waals surface area contributed by atoms with Gasteiger partial charge in [0.1, 0.15) is 12.4 Å². The Bertz CT molecular complexity index is 853. The molecule has 1 aromatic carbocycles. The van der Waals surface area contributed by atoms with E-state index in [2.05, 4.69) is 4.98 Å². The van der Waals surface area contributed by atoms with Crippen molar-refractivity contribution in [3.8, 4) is 0 Å². The van der Waals surface area contributed by atoms with Crippen LogP contribution in [0.25, 0.3) is 0 Å². The number of piperidine rings is 1. The SMILES string of the molecule is CN(C)c1ccc(C(=O)C2CC3CCC(C2)N3C(=O)OCc2ccccc2)cn1. The minimum Gasteiger partial charge on any atom is -0.445 e. The second kappa shape index (κ2) is 8.23. The number of carbonyl (C=O) groups excluding carboxylic acids is 2. The fourth-order valence-corrected chi connectivity index (χ4v) is 4.52. The van der Waals surface area contributed by atoms with Gasteiger partial charge >= 0.3 is 6.09 Å². The standard InChI is InChI=1S/C23H27N3O3/c1-25(2)21-11-8-17(14-24-21)22(27)18-12-19-9-10-20(13-18)26(19)23(28)29-15-16-6-4-3-5-7-16/h3-8,11,14,18-20H,9-10,12-13,15H2,1-2H3. The summed E-state index contributed by atoms with van der Waals surface area (Å²) < 4.78 is 5.55. The highest BCUT2D eigenvalue weighted by molar-refractivity contribution is 5.98. The highest BCUT2D eigenvalue weighted by Crippen LogP contribution is 2.40. The summed E-state index contributed by atoms with van der Waals surface area (Å²) in [5, 5.41) is 0. The second-order valence-corrected chi connectivity index (χ2v) is 8.16. The van der Waals surface area contributed by atoms with Crippen molar-refractivity contribution in [1.29, 1.82) is 0 Å². The van der Waals surface area contributed by atoms with E-state index in [-0.39, 0.29) is 36.5 Å². The molecule has 0 saturated carbocycles. The van der Waals surface area contributed by atoms with E-state index in [4.69, 9.17) is 4.74 Å². The first-order chi connectivity index (χ1) is 14.0. The number of hydrogen-bond acceptors (Lipinski definition) is 5. The van der Waals surface area contributed by atoms with Gasteiger partial charge < -0.3 is 14.5 Å². The topological polar surface area (TPSA) is 62.7 Å². The second-order valence-electron chi connectivity index (χ2n) is 8.16. The Kier molecular flexibility index (Phi) is 5.51. The van der Waals surface area contributed by atoms with Crippen LogP contribution in [0.2, 0.25) is 0 Å². The van der Waals surface area contributed by atoms with E-state index in [1.807, 2.05) is 66.4 Å². The van der Waals surface area contributed by atoms with Gasteiger partial charge in [-0.3, -0.25) is 4.79 Å². The fraction of sp³-hybridized carbons (Fsp3) is 0.435. The number of amides is 1. The van der Waals surface area contributed by atoms with E-state index in [1.165, 1.54) is 0 Å². The highest BCUT2D eigenvalue weighted by atomic mass is 16.6. The molecule has 2 atom stereocenters. The Morgan fingerprint density at radius 3 is 2.34 bits per heavy atom. The van der Waals surface area contributed by atoms with Gasteiger partial charge in [0.25, 0.3) is 0 Å². The third-order valence-electron chi connectivity index (χ3n) is 6.01. The first kappa shape index (κ1) is 19.4. The van der Waals surface area contributed by atoms with Crippen molar-refractivity contribution in [2.75, 3.05) is 19.0 Å². The van der Waals surface area contributed by atoms with Gasteiger partial charge in [-0.25, -0.2) is 9.78 Å². The molecule has 0 aliphatic carbocycles. The van der Waals surface area contributed by atoms with Gasteiger partial charge in [-0.1, -0.05) is 30.3 Å². The number of Topliss-reactive ketones (excluding diaryl/α,β-unsaturated/α-hetero) is 1. The van der Waals surface area contributed by atoms with Crippen molar-refractivity contribution in [2.45, 2.75) is 44.4 Å². The number of fused-ring (bicyclic) bond motifs is 2. The summed E-state index contributed by atoms with van der Waals surface area (Å²) in [6, 6.07) is 13.6. The molecule has 2 unspecified atom stereocenters. The van der Waals surface area contributed by atoms with Gasteiger partial charge in [-0.2, -0.15) is 0 Å². The maximum Gasteiger partial charge on any atom is 0.410 e. The van der Waals surface area contributed by atoms with E-state index < -0.39 is 0 Å². The lowest BCUT2D eigenvalue weighted by Gasteiger charge is -2.37. The number of pyridine rings is 1. The smallest absolute Gasteiger partial charge is 0.410 e. The molecule has 2 aliphatic rings. The van der Waals surface area contributed by atoms with E-state index in [0.29, 0.717) is 18.4 Å². The zero-order valence-electron chi connectivity index (χ0n) is 17.0. The Hall–Kier alpha value is -2.89. The number of anilines is 1. The molecule has 2 saturated heterocycles. The van der Waals surface area contributed by atoms with Crippen molar-refractivity contribution in [1.82, 2.24) is 9.88 Å². The fourth-order valence-electron chi connectivity index (χ4n) is 4.52. The van der Waals surface area contributed by atoms with E-state index >= 15 is 0 Å². The van der Waals surface area contributed by atoms with Gasteiger partial charge in [0.15, 0.2) is 5.78 Å². The Balaban J connectivity index is 1.38. The van der Waals surface area contributed by atoms with Crippen LogP contribution in [-0.2, 0) is 11.3 Å². The number of ether oxygens (including phenoxy) is 1. The van der Waals surface area contributed by atoms with E-state index in [1.54, 1.807) is 6.20 Å². The van der Waals surface area contributed by atoms with Crippen LogP contribution in [0.4, 0.5) is 10.6 Å². The summed E-state index contributed by atoms with van der Waals surface area (Å²) in [4.78, 5) is 33.8. The molecule has 0 N–H and O–H groups in total. The lowest BCUT2D eigenvalue weighted by Crippen LogP contribution is -2.48. The molecule has 1 aromatic heterocycles. The molecular formula is C23H27N3O3. The minimum atomic E-state index is -0.260. The molecule has 2 aliphatic heterocycles. The summed E-state index contributed by atoms with van der Waals surface area (Å²) in [6.07, 6.45) is 4.68. The Labute approximate surface area is 171 Å². The average molecular weight is 393 g/mol. The molecule has 0 spiro atoms. The lowest BCUT2D eigenvalue weighted by atomic mass is 9.85. The summed E-state index contributed by atoms with van der Waals surface area (Å²) in [7, 11) is 3.85. The summed E-state index contributed by atoms with van der Waals surface area (Å²) in [5.74, 6) is 0.910. The number of rotatable bonds is 5. The van der Waals surface area contributed by atoms with Crippen LogP contribution >= 0.6 is 0 Å². The van der Waals surface area contributed by atoms with Crippen LogP contribution in [0.5, 0.6) is 0 Å². The zero-order valence-corrected chi connectivity index (χ0v) is 17.0. The summed E-state index contributed by atoms with van der Waals surface area (Å²) in [5.41, 5.74) is 1.63. The Morgan fingerprint density at radius 2 is 1.76 bits per heavy atom. The Morgan fingerprint density at radius 1 is 1.07 bits per heavy atom. The van der Waals surface area contributed by atoms with Crippen molar-refractivity contribution >= 4 is 17.7 Å². The average Bonchev–Trinajstić information content (AvgIpc) is 3.01. The normalized spacial score (nSPS) is 23.0. The number of carbonyl (C=O) groups is 2. The van der Waals surface area contributed by atoms with Gasteiger partial charge in [0, 0.05) is 43.9 Å². The number of ketones is 1. The minimum absolute atomic E-state index is 0.0577. The predicted octanol–water partition coefficient (Wildman–Crippen LogP) is 3.91. The third-order valence-corrected chi connectivity index (χ3v) is 6.01. The van der Waals surface area contributed by atoms with E-state index in [0.717, 1.165) is 24.2 Å². The van der Waals surface area contributed by atoms with Crippen LogP contribution in [-0.4, -0.2) is 47.9 Å². The number of benzene rings is 1. The molecule has 0 radical (unpaired) electrons. The van der Waals surface area contributed by atoms with Crippen LogP contribution in [0.15, 0.2) is 48.7 Å². The molecular weight excluding hydrogens is 366 g/mol. The molecule has 1 amide bonds. The summed E-state index contributed by atoms with van der Waals surface area (Å²) >= 11 is 0. The van der Waals surface area contributed by atoms with Crippen molar-refractivity contribution in [3.63, 3.8) is 0 Å². The van der Waals surface area contributed by atoms with Crippen LogP contribution < -0.4 is 4.90 Å². The molecule has 6 nitrogen and oxygen atoms in total.